The second kappa shape index (κ2) is 8.42. The second-order valence-corrected chi connectivity index (χ2v) is 7.29. The highest BCUT2D eigenvalue weighted by molar-refractivity contribution is 5.91. The van der Waals surface area contributed by atoms with Gasteiger partial charge in [-0.25, -0.2) is 4.39 Å². The van der Waals surface area contributed by atoms with Gasteiger partial charge in [-0.1, -0.05) is 78.9 Å². The lowest BCUT2D eigenvalue weighted by Gasteiger charge is -2.10. The van der Waals surface area contributed by atoms with Crippen LogP contribution in [-0.4, -0.2) is 0 Å². The topological polar surface area (TPSA) is 26.0 Å². The SMILES string of the molecule is C=CCCc1ccc(-c2ccc3c(F)c(-c4ccc(CN)cc4)ccc3c2)cc1. The van der Waals surface area contributed by atoms with Gasteiger partial charge in [-0.2, -0.15) is 0 Å². The van der Waals surface area contributed by atoms with E-state index in [0.717, 1.165) is 40.5 Å². The lowest BCUT2D eigenvalue weighted by atomic mass is 9.96. The van der Waals surface area contributed by atoms with Crippen molar-refractivity contribution < 1.29 is 4.39 Å². The van der Waals surface area contributed by atoms with Crippen LogP contribution in [0.2, 0.25) is 0 Å². The maximum absolute atomic E-state index is 15.2. The van der Waals surface area contributed by atoms with E-state index in [4.69, 9.17) is 5.73 Å². The van der Waals surface area contributed by atoms with Gasteiger partial charge in [0, 0.05) is 17.5 Å². The lowest BCUT2D eigenvalue weighted by molar-refractivity contribution is 0.643. The van der Waals surface area contributed by atoms with Crippen LogP contribution >= 0.6 is 0 Å². The molecule has 0 heterocycles. The first kappa shape index (κ1) is 19.1. The van der Waals surface area contributed by atoms with Gasteiger partial charge in [-0.3, -0.25) is 0 Å². The number of rotatable bonds is 6. The third-order valence-electron chi connectivity index (χ3n) is 5.38. The van der Waals surface area contributed by atoms with Crippen LogP contribution < -0.4 is 5.73 Å². The quantitative estimate of drug-likeness (QED) is 0.362. The summed E-state index contributed by atoms with van der Waals surface area (Å²) in [5, 5.41) is 1.54. The minimum absolute atomic E-state index is 0.186. The van der Waals surface area contributed by atoms with E-state index in [1.165, 1.54) is 5.56 Å². The van der Waals surface area contributed by atoms with Crippen molar-refractivity contribution in [1.82, 2.24) is 0 Å². The lowest BCUT2D eigenvalue weighted by Crippen LogP contribution is -1.95. The van der Waals surface area contributed by atoms with Gasteiger partial charge in [-0.05, 0) is 52.1 Å². The first-order valence-electron chi connectivity index (χ1n) is 9.91. The molecule has 0 aliphatic rings. The van der Waals surface area contributed by atoms with Gasteiger partial charge in [0.15, 0.2) is 0 Å². The van der Waals surface area contributed by atoms with Crippen molar-refractivity contribution in [2.24, 2.45) is 5.73 Å². The van der Waals surface area contributed by atoms with Gasteiger partial charge in [0.25, 0.3) is 0 Å². The maximum atomic E-state index is 15.2. The van der Waals surface area contributed by atoms with E-state index in [9.17, 15) is 0 Å². The molecule has 0 aromatic heterocycles. The number of benzene rings is 4. The van der Waals surface area contributed by atoms with E-state index >= 15 is 4.39 Å². The van der Waals surface area contributed by atoms with Gasteiger partial charge >= 0.3 is 0 Å². The molecule has 4 aromatic carbocycles. The van der Waals surface area contributed by atoms with Crippen LogP contribution in [0.1, 0.15) is 17.5 Å². The van der Waals surface area contributed by atoms with Gasteiger partial charge in [0.1, 0.15) is 5.82 Å². The normalized spacial score (nSPS) is 11.0. The summed E-state index contributed by atoms with van der Waals surface area (Å²) in [6.45, 7) is 4.26. The molecule has 4 rings (SSSR count). The zero-order valence-corrected chi connectivity index (χ0v) is 16.4. The Morgan fingerprint density at radius 1 is 0.759 bits per heavy atom. The summed E-state index contributed by atoms with van der Waals surface area (Å²) >= 11 is 0. The second-order valence-electron chi connectivity index (χ2n) is 7.29. The van der Waals surface area contributed by atoms with Crippen molar-refractivity contribution in [2.75, 3.05) is 0 Å². The molecule has 0 spiro atoms. The van der Waals surface area contributed by atoms with Gasteiger partial charge < -0.3 is 5.73 Å². The third-order valence-corrected chi connectivity index (χ3v) is 5.38. The Kier molecular flexibility index (Phi) is 5.55. The summed E-state index contributed by atoms with van der Waals surface area (Å²) in [6.07, 6.45) is 3.92. The summed E-state index contributed by atoms with van der Waals surface area (Å²) in [7, 11) is 0. The first-order valence-corrected chi connectivity index (χ1v) is 9.91. The number of halogens is 1. The third kappa shape index (κ3) is 3.98. The Labute approximate surface area is 171 Å². The summed E-state index contributed by atoms with van der Waals surface area (Å²) < 4.78 is 15.2. The Balaban J connectivity index is 1.67. The molecule has 0 unspecified atom stereocenters. The highest BCUT2D eigenvalue weighted by Crippen LogP contribution is 2.32. The molecule has 0 fully saturated rings. The van der Waals surface area contributed by atoms with Crippen LogP contribution in [0.4, 0.5) is 4.39 Å². The fourth-order valence-electron chi connectivity index (χ4n) is 3.65. The van der Waals surface area contributed by atoms with E-state index in [1.54, 1.807) is 0 Å². The fraction of sp³-hybridized carbons (Fsp3) is 0.111. The van der Waals surface area contributed by atoms with Crippen LogP contribution in [0.25, 0.3) is 33.0 Å². The van der Waals surface area contributed by atoms with E-state index in [-0.39, 0.29) is 5.82 Å². The Morgan fingerprint density at radius 3 is 2.10 bits per heavy atom. The average molecular weight is 381 g/mol. The molecule has 2 N–H and O–H groups in total. The summed E-state index contributed by atoms with van der Waals surface area (Å²) in [4.78, 5) is 0. The van der Waals surface area contributed by atoms with Crippen LogP contribution in [-0.2, 0) is 13.0 Å². The highest BCUT2D eigenvalue weighted by atomic mass is 19.1. The minimum atomic E-state index is -0.186. The van der Waals surface area contributed by atoms with E-state index in [0.29, 0.717) is 17.5 Å². The zero-order chi connectivity index (χ0) is 20.2. The Bertz CT molecular complexity index is 1140. The van der Waals surface area contributed by atoms with Crippen LogP contribution in [0.3, 0.4) is 0 Å². The standard InChI is InChI=1S/C27H24FN/c1-2-3-4-19-5-9-21(10-6-19)23-13-15-26-24(17-23)14-16-25(27(26)28)22-11-7-20(18-29)8-12-22/h2,5-17H,1,3-4,18,29H2. The molecule has 144 valence electrons. The smallest absolute Gasteiger partial charge is 0.138 e. The number of allylic oxidation sites excluding steroid dienone is 1. The summed E-state index contributed by atoms with van der Waals surface area (Å²) in [5.41, 5.74) is 11.7. The summed E-state index contributed by atoms with van der Waals surface area (Å²) in [5.74, 6) is -0.186. The Morgan fingerprint density at radius 2 is 1.41 bits per heavy atom. The largest absolute Gasteiger partial charge is 0.326 e. The predicted octanol–water partition coefficient (Wildman–Crippen LogP) is 6.89. The molecule has 0 bridgehead atoms. The van der Waals surface area contributed by atoms with Crippen molar-refractivity contribution in [2.45, 2.75) is 19.4 Å². The van der Waals surface area contributed by atoms with Crippen molar-refractivity contribution in [3.63, 3.8) is 0 Å². The van der Waals surface area contributed by atoms with Crippen molar-refractivity contribution >= 4 is 10.8 Å². The monoisotopic (exact) mass is 381 g/mol. The van der Waals surface area contributed by atoms with Crippen molar-refractivity contribution in [1.29, 1.82) is 0 Å². The van der Waals surface area contributed by atoms with Crippen LogP contribution in [0, 0.1) is 5.82 Å². The zero-order valence-electron chi connectivity index (χ0n) is 16.4. The molecule has 0 radical (unpaired) electrons. The van der Waals surface area contributed by atoms with Crippen molar-refractivity contribution in [3.8, 4) is 22.3 Å². The molecule has 0 aliphatic heterocycles. The first-order chi connectivity index (χ1) is 14.2. The minimum Gasteiger partial charge on any atom is -0.326 e. The predicted molar refractivity (Wildman–Crippen MR) is 121 cm³/mol. The molecule has 0 atom stereocenters. The molecule has 0 amide bonds. The molecule has 29 heavy (non-hydrogen) atoms. The molecule has 0 aliphatic carbocycles. The maximum Gasteiger partial charge on any atom is 0.138 e. The number of fused-ring (bicyclic) bond motifs is 1. The number of hydrogen-bond donors (Lipinski definition) is 1. The molecule has 0 saturated heterocycles. The van der Waals surface area contributed by atoms with Gasteiger partial charge in [0.05, 0.1) is 0 Å². The van der Waals surface area contributed by atoms with E-state index < -0.39 is 0 Å². The van der Waals surface area contributed by atoms with Crippen molar-refractivity contribution in [3.05, 3.63) is 108 Å². The average Bonchev–Trinajstić information content (AvgIpc) is 2.78. The highest BCUT2D eigenvalue weighted by Gasteiger charge is 2.10. The summed E-state index contributed by atoms with van der Waals surface area (Å²) in [6, 6.07) is 26.1. The van der Waals surface area contributed by atoms with Crippen LogP contribution in [0.15, 0.2) is 91.5 Å². The molecule has 4 aromatic rings. The Hall–Kier alpha value is -3.23. The molecular weight excluding hydrogens is 357 g/mol. The fourth-order valence-corrected chi connectivity index (χ4v) is 3.65. The number of aryl methyl sites for hydroxylation is 1. The molecular formula is C27H24FN. The van der Waals surface area contributed by atoms with E-state index in [1.807, 2.05) is 54.6 Å². The number of nitrogens with two attached hydrogens (primary N) is 1. The molecule has 0 saturated carbocycles. The molecule has 2 heteroatoms. The van der Waals surface area contributed by atoms with E-state index in [2.05, 4.69) is 36.9 Å². The van der Waals surface area contributed by atoms with Gasteiger partial charge in [-0.15, -0.1) is 6.58 Å². The van der Waals surface area contributed by atoms with Crippen LogP contribution in [0.5, 0.6) is 0 Å². The molecule has 1 nitrogen and oxygen atoms in total. The van der Waals surface area contributed by atoms with Gasteiger partial charge in [0.2, 0.25) is 0 Å². The number of hydrogen-bond acceptors (Lipinski definition) is 1.